The van der Waals surface area contributed by atoms with Crippen LogP contribution in [0.4, 0.5) is 0 Å². The Labute approximate surface area is 100 Å². The molecule has 2 heterocycles. The van der Waals surface area contributed by atoms with Crippen LogP contribution in [0.2, 0.25) is 0 Å². The second kappa shape index (κ2) is 4.85. The molecule has 2 rings (SSSR count). The summed E-state index contributed by atoms with van der Waals surface area (Å²) >= 11 is 5.08. The van der Waals surface area contributed by atoms with Gasteiger partial charge in [0.25, 0.3) is 0 Å². The second-order valence-corrected chi connectivity index (χ2v) is 5.30. The lowest BCUT2D eigenvalue weighted by molar-refractivity contribution is 0.655. The Morgan fingerprint density at radius 1 is 1.53 bits per heavy atom. The first-order chi connectivity index (χ1) is 7.28. The van der Waals surface area contributed by atoms with E-state index in [1.165, 1.54) is 4.88 Å². The van der Waals surface area contributed by atoms with E-state index in [9.17, 15) is 0 Å². The third-order valence-corrected chi connectivity index (χ3v) is 3.22. The highest BCUT2D eigenvalue weighted by molar-refractivity contribution is 9.09. The SMILES string of the molecule is Cc1ncc(Cn2cc(CCBr)nn2)s1. The zero-order valence-electron chi connectivity index (χ0n) is 8.35. The van der Waals surface area contributed by atoms with E-state index in [1.54, 1.807) is 11.3 Å². The van der Waals surface area contributed by atoms with E-state index in [-0.39, 0.29) is 0 Å². The third-order valence-electron chi connectivity index (χ3n) is 1.92. The molecule has 0 unspecified atom stereocenters. The molecule has 0 aliphatic heterocycles. The van der Waals surface area contributed by atoms with Gasteiger partial charge in [-0.2, -0.15) is 0 Å². The summed E-state index contributed by atoms with van der Waals surface area (Å²) in [7, 11) is 0. The number of aryl methyl sites for hydroxylation is 2. The fraction of sp³-hybridized carbons (Fsp3) is 0.444. The van der Waals surface area contributed by atoms with E-state index in [0.29, 0.717) is 0 Å². The third kappa shape index (κ3) is 2.85. The Hall–Kier alpha value is -0.750. The average molecular weight is 287 g/mol. The summed E-state index contributed by atoms with van der Waals surface area (Å²) in [5.74, 6) is 0. The lowest BCUT2D eigenvalue weighted by Crippen LogP contribution is -1.98. The van der Waals surface area contributed by atoms with Gasteiger partial charge in [-0.05, 0) is 6.92 Å². The van der Waals surface area contributed by atoms with Crippen LogP contribution in [-0.4, -0.2) is 25.3 Å². The first-order valence-electron chi connectivity index (χ1n) is 4.64. The highest BCUT2D eigenvalue weighted by atomic mass is 79.9. The molecule has 0 aliphatic carbocycles. The van der Waals surface area contributed by atoms with E-state index in [0.717, 1.165) is 29.0 Å². The Balaban J connectivity index is 2.04. The van der Waals surface area contributed by atoms with Crippen molar-refractivity contribution in [3.05, 3.63) is 28.0 Å². The first kappa shape index (κ1) is 10.8. The Morgan fingerprint density at radius 2 is 2.40 bits per heavy atom. The number of alkyl halides is 1. The Bertz CT molecular complexity index is 437. The normalized spacial score (nSPS) is 10.8. The molecule has 2 aromatic heterocycles. The van der Waals surface area contributed by atoms with Crippen LogP contribution >= 0.6 is 27.3 Å². The van der Waals surface area contributed by atoms with Gasteiger partial charge in [0.2, 0.25) is 0 Å². The van der Waals surface area contributed by atoms with Crippen LogP contribution in [0, 0.1) is 6.92 Å². The van der Waals surface area contributed by atoms with Gasteiger partial charge in [-0.25, -0.2) is 9.67 Å². The molecule has 0 amide bonds. The van der Waals surface area contributed by atoms with Gasteiger partial charge < -0.3 is 0 Å². The summed E-state index contributed by atoms with van der Waals surface area (Å²) in [4.78, 5) is 5.42. The number of hydrogen-bond acceptors (Lipinski definition) is 4. The van der Waals surface area contributed by atoms with Crippen molar-refractivity contribution < 1.29 is 0 Å². The molecule has 0 saturated carbocycles. The van der Waals surface area contributed by atoms with Crippen molar-refractivity contribution in [3.63, 3.8) is 0 Å². The van der Waals surface area contributed by atoms with Crippen LogP contribution in [0.1, 0.15) is 15.6 Å². The number of hydrogen-bond donors (Lipinski definition) is 0. The summed E-state index contributed by atoms with van der Waals surface area (Å²) in [5, 5.41) is 10.2. The molecule has 6 heteroatoms. The molecule has 0 aliphatic rings. The van der Waals surface area contributed by atoms with Gasteiger partial charge >= 0.3 is 0 Å². The maximum Gasteiger partial charge on any atom is 0.0897 e. The molecule has 80 valence electrons. The van der Waals surface area contributed by atoms with Crippen molar-refractivity contribution in [2.24, 2.45) is 0 Å². The number of thiazole rings is 1. The lowest BCUT2D eigenvalue weighted by Gasteiger charge is -1.94. The van der Waals surface area contributed by atoms with E-state index in [1.807, 2.05) is 24.0 Å². The van der Waals surface area contributed by atoms with Crippen molar-refractivity contribution in [3.8, 4) is 0 Å². The van der Waals surface area contributed by atoms with Gasteiger partial charge in [0.1, 0.15) is 0 Å². The molecule has 0 saturated heterocycles. The maximum atomic E-state index is 4.21. The molecule has 0 bridgehead atoms. The van der Waals surface area contributed by atoms with Crippen LogP contribution < -0.4 is 0 Å². The second-order valence-electron chi connectivity index (χ2n) is 3.19. The molecule has 15 heavy (non-hydrogen) atoms. The van der Waals surface area contributed by atoms with Gasteiger partial charge in [0.15, 0.2) is 0 Å². The van der Waals surface area contributed by atoms with Gasteiger partial charge in [-0.3, -0.25) is 0 Å². The highest BCUT2D eigenvalue weighted by Crippen LogP contribution is 2.12. The van der Waals surface area contributed by atoms with Crippen molar-refractivity contribution >= 4 is 27.3 Å². The molecule has 2 aromatic rings. The Morgan fingerprint density at radius 3 is 3.07 bits per heavy atom. The van der Waals surface area contributed by atoms with E-state index < -0.39 is 0 Å². The predicted molar refractivity (Wildman–Crippen MR) is 63.5 cm³/mol. The molecule has 0 atom stereocenters. The topological polar surface area (TPSA) is 43.6 Å². The summed E-state index contributed by atoms with van der Waals surface area (Å²) in [6.07, 6.45) is 4.80. The monoisotopic (exact) mass is 286 g/mol. The molecular formula is C9H11BrN4S. The van der Waals surface area contributed by atoms with Crippen molar-refractivity contribution in [2.75, 3.05) is 5.33 Å². The number of rotatable bonds is 4. The molecule has 4 nitrogen and oxygen atoms in total. The minimum Gasteiger partial charge on any atom is -0.250 e. The van der Waals surface area contributed by atoms with Crippen LogP contribution in [0.3, 0.4) is 0 Å². The van der Waals surface area contributed by atoms with Gasteiger partial charge in [0.05, 0.1) is 17.2 Å². The van der Waals surface area contributed by atoms with Crippen molar-refractivity contribution in [2.45, 2.75) is 19.9 Å². The van der Waals surface area contributed by atoms with Gasteiger partial charge in [-0.15, -0.1) is 16.4 Å². The van der Waals surface area contributed by atoms with Crippen LogP contribution in [0.5, 0.6) is 0 Å². The fourth-order valence-corrected chi connectivity index (χ4v) is 2.46. The number of aromatic nitrogens is 4. The molecular weight excluding hydrogens is 276 g/mol. The summed E-state index contributed by atoms with van der Waals surface area (Å²) in [6, 6.07) is 0. The average Bonchev–Trinajstić information content (AvgIpc) is 2.78. The predicted octanol–water partition coefficient (Wildman–Crippen LogP) is 2.03. The van der Waals surface area contributed by atoms with Crippen LogP contribution in [0.15, 0.2) is 12.4 Å². The molecule has 0 aromatic carbocycles. The summed E-state index contributed by atoms with van der Waals surface area (Å²) in [5.41, 5.74) is 1.02. The zero-order valence-corrected chi connectivity index (χ0v) is 10.8. The van der Waals surface area contributed by atoms with Crippen LogP contribution in [0.25, 0.3) is 0 Å². The lowest BCUT2D eigenvalue weighted by atomic mass is 10.4. The maximum absolute atomic E-state index is 4.21. The fourth-order valence-electron chi connectivity index (χ4n) is 1.27. The van der Waals surface area contributed by atoms with Gasteiger partial charge in [0, 0.05) is 29.0 Å². The molecule has 0 spiro atoms. The minimum atomic E-state index is 0.765. The smallest absolute Gasteiger partial charge is 0.0897 e. The van der Waals surface area contributed by atoms with Crippen LogP contribution in [-0.2, 0) is 13.0 Å². The summed E-state index contributed by atoms with van der Waals surface area (Å²) < 4.78 is 1.85. The standard InChI is InChI=1S/C9H11BrN4S/c1-7-11-4-9(15-7)6-14-5-8(2-3-10)12-13-14/h4-5H,2-3,6H2,1H3. The minimum absolute atomic E-state index is 0.765. The largest absolute Gasteiger partial charge is 0.250 e. The first-order valence-corrected chi connectivity index (χ1v) is 6.58. The summed E-state index contributed by atoms with van der Waals surface area (Å²) in [6.45, 7) is 2.77. The molecule has 0 radical (unpaired) electrons. The van der Waals surface area contributed by atoms with E-state index in [4.69, 9.17) is 0 Å². The Kier molecular flexibility index (Phi) is 3.48. The number of halogens is 1. The van der Waals surface area contributed by atoms with E-state index >= 15 is 0 Å². The van der Waals surface area contributed by atoms with E-state index in [2.05, 4.69) is 31.2 Å². The highest BCUT2D eigenvalue weighted by Gasteiger charge is 2.03. The van der Waals surface area contributed by atoms with Crippen molar-refractivity contribution in [1.82, 2.24) is 20.0 Å². The quantitative estimate of drug-likeness (QED) is 0.808. The van der Waals surface area contributed by atoms with Crippen molar-refractivity contribution in [1.29, 1.82) is 0 Å². The number of nitrogens with zero attached hydrogens (tertiary/aromatic N) is 4. The molecule has 0 fully saturated rings. The molecule has 0 N–H and O–H groups in total. The zero-order chi connectivity index (χ0) is 10.7. The van der Waals surface area contributed by atoms with Gasteiger partial charge in [-0.1, -0.05) is 21.1 Å².